The maximum atomic E-state index is 12.6. The van der Waals surface area contributed by atoms with E-state index in [1.165, 1.54) is 7.11 Å². The average Bonchev–Trinajstić information content (AvgIpc) is 2.79. The van der Waals surface area contributed by atoms with E-state index in [4.69, 9.17) is 4.74 Å². The minimum absolute atomic E-state index is 0.372. The summed E-state index contributed by atoms with van der Waals surface area (Å²) in [6.07, 6.45) is 3.57. The zero-order chi connectivity index (χ0) is 15.0. The summed E-state index contributed by atoms with van der Waals surface area (Å²) < 4.78 is 4.92. The molecule has 110 valence electrons. The lowest BCUT2D eigenvalue weighted by atomic mass is 9.80. The Hall–Kier alpha value is -2.17. The van der Waals surface area contributed by atoms with Gasteiger partial charge in [0.05, 0.1) is 18.2 Å². The maximum absolute atomic E-state index is 12.6. The molecule has 2 aliphatic rings. The fraction of sp³-hybridized carbons (Fsp3) is 0.438. The van der Waals surface area contributed by atoms with Gasteiger partial charge in [-0.05, 0) is 25.0 Å². The number of nitrogens with zero attached hydrogens (tertiary/aromatic N) is 1. The van der Waals surface area contributed by atoms with Crippen LogP contribution in [0.5, 0.6) is 0 Å². The smallest absolute Gasteiger partial charge is 0.332 e. The van der Waals surface area contributed by atoms with Crippen LogP contribution in [-0.2, 0) is 9.53 Å². The largest absolute Gasteiger partial charge is 0.467 e. The highest BCUT2D eigenvalue weighted by Crippen LogP contribution is 2.39. The second-order valence-corrected chi connectivity index (χ2v) is 5.58. The highest BCUT2D eigenvalue weighted by Gasteiger charge is 2.54. The lowest BCUT2D eigenvalue weighted by Gasteiger charge is -2.40. The number of rotatable bonds is 2. The van der Waals surface area contributed by atoms with E-state index in [0.717, 1.165) is 24.2 Å². The number of hydrogen-bond donors (Lipinski definition) is 0. The van der Waals surface area contributed by atoms with Gasteiger partial charge < -0.3 is 4.74 Å². The molecule has 5 heteroatoms. The Kier molecular flexibility index (Phi) is 3.27. The number of carbonyl (C=O) groups excluding carboxylic acids is 3. The van der Waals surface area contributed by atoms with Crippen molar-refractivity contribution < 1.29 is 19.1 Å². The summed E-state index contributed by atoms with van der Waals surface area (Å²) in [5.74, 6) is -1.26. The van der Waals surface area contributed by atoms with Crippen LogP contribution in [0.4, 0.5) is 0 Å². The highest BCUT2D eigenvalue weighted by atomic mass is 16.5. The first-order valence-corrected chi connectivity index (χ1v) is 7.18. The molecule has 1 aliphatic heterocycles. The van der Waals surface area contributed by atoms with Crippen LogP contribution in [0.1, 0.15) is 52.8 Å². The summed E-state index contributed by atoms with van der Waals surface area (Å²) in [7, 11) is 1.30. The molecule has 21 heavy (non-hydrogen) atoms. The number of methoxy groups -OCH3 is 1. The van der Waals surface area contributed by atoms with E-state index in [1.807, 2.05) is 0 Å². The summed E-state index contributed by atoms with van der Waals surface area (Å²) in [5, 5.41) is 0. The third kappa shape index (κ3) is 1.87. The Morgan fingerprint density at radius 1 is 1.05 bits per heavy atom. The van der Waals surface area contributed by atoms with Gasteiger partial charge in [0.1, 0.15) is 5.54 Å². The van der Waals surface area contributed by atoms with E-state index in [1.54, 1.807) is 24.3 Å². The Morgan fingerprint density at radius 2 is 1.57 bits per heavy atom. The van der Waals surface area contributed by atoms with Gasteiger partial charge in [-0.1, -0.05) is 31.4 Å². The number of carbonyl (C=O) groups is 3. The first kappa shape index (κ1) is 13.8. The molecule has 2 amide bonds. The molecule has 0 N–H and O–H groups in total. The van der Waals surface area contributed by atoms with Crippen LogP contribution in [0.15, 0.2) is 24.3 Å². The lowest BCUT2D eigenvalue weighted by Crippen LogP contribution is -2.58. The Bertz CT molecular complexity index is 581. The van der Waals surface area contributed by atoms with Crippen LogP contribution in [-0.4, -0.2) is 35.3 Å². The van der Waals surface area contributed by atoms with Gasteiger partial charge in [0.25, 0.3) is 11.8 Å². The molecular formula is C16H17NO4. The monoisotopic (exact) mass is 287 g/mol. The molecule has 1 fully saturated rings. The standard InChI is InChI=1S/C16H17NO4/c1-21-15(20)16(9-5-2-6-10-16)17-13(18)11-7-3-4-8-12(11)14(17)19/h3-4,7-8H,2,5-6,9-10H2,1H3. The highest BCUT2D eigenvalue weighted by molar-refractivity contribution is 6.23. The minimum atomic E-state index is -1.14. The van der Waals surface area contributed by atoms with E-state index in [-0.39, 0.29) is 11.8 Å². The van der Waals surface area contributed by atoms with Crippen molar-refractivity contribution in [1.82, 2.24) is 4.90 Å². The summed E-state index contributed by atoms with van der Waals surface area (Å²) >= 11 is 0. The maximum Gasteiger partial charge on any atom is 0.332 e. The van der Waals surface area contributed by atoms with Gasteiger partial charge in [-0.2, -0.15) is 0 Å². The number of imide groups is 1. The molecule has 1 aromatic carbocycles. The molecule has 0 radical (unpaired) electrons. The summed E-state index contributed by atoms with van der Waals surface area (Å²) in [6.45, 7) is 0. The molecule has 3 rings (SSSR count). The lowest BCUT2D eigenvalue weighted by molar-refractivity contribution is -0.154. The van der Waals surface area contributed by atoms with Crippen molar-refractivity contribution in [3.05, 3.63) is 35.4 Å². The van der Waals surface area contributed by atoms with Gasteiger partial charge >= 0.3 is 5.97 Å². The van der Waals surface area contributed by atoms with Crippen molar-refractivity contribution in [3.63, 3.8) is 0 Å². The predicted octanol–water partition coefficient (Wildman–Crippen LogP) is 2.16. The Balaban J connectivity index is 2.08. The van der Waals surface area contributed by atoms with Crippen molar-refractivity contribution in [3.8, 4) is 0 Å². The third-order valence-electron chi connectivity index (χ3n) is 4.47. The number of esters is 1. The first-order chi connectivity index (χ1) is 10.1. The molecule has 5 nitrogen and oxygen atoms in total. The van der Waals surface area contributed by atoms with Crippen LogP contribution in [0.2, 0.25) is 0 Å². The number of benzene rings is 1. The second-order valence-electron chi connectivity index (χ2n) is 5.58. The SMILES string of the molecule is COC(=O)C1(N2C(=O)c3ccccc3C2=O)CCCCC1. The molecule has 0 saturated heterocycles. The van der Waals surface area contributed by atoms with Crippen LogP contribution in [0.3, 0.4) is 0 Å². The molecule has 0 unspecified atom stereocenters. The minimum Gasteiger partial charge on any atom is -0.467 e. The van der Waals surface area contributed by atoms with Crippen molar-refractivity contribution >= 4 is 17.8 Å². The molecule has 0 aromatic heterocycles. The topological polar surface area (TPSA) is 63.7 Å². The number of hydrogen-bond acceptors (Lipinski definition) is 4. The first-order valence-electron chi connectivity index (χ1n) is 7.18. The molecule has 0 spiro atoms. The number of amides is 2. The molecule has 1 aromatic rings. The van der Waals surface area contributed by atoms with Crippen LogP contribution < -0.4 is 0 Å². The molecule has 1 heterocycles. The quantitative estimate of drug-likeness (QED) is 0.617. The zero-order valence-corrected chi connectivity index (χ0v) is 11.9. The van der Waals surface area contributed by atoms with Crippen LogP contribution in [0, 0.1) is 0 Å². The normalized spacial score (nSPS) is 20.3. The van der Waals surface area contributed by atoms with Crippen molar-refractivity contribution in [2.45, 2.75) is 37.6 Å². The fourth-order valence-electron chi connectivity index (χ4n) is 3.42. The summed E-state index contributed by atoms with van der Waals surface area (Å²) in [5.41, 5.74) is -0.395. The van der Waals surface area contributed by atoms with Crippen LogP contribution >= 0.6 is 0 Å². The predicted molar refractivity (Wildman–Crippen MR) is 74.8 cm³/mol. The van der Waals surface area contributed by atoms with Gasteiger partial charge in [-0.15, -0.1) is 0 Å². The Morgan fingerprint density at radius 3 is 2.05 bits per heavy atom. The summed E-state index contributed by atoms with van der Waals surface area (Å²) in [6, 6.07) is 6.70. The van der Waals surface area contributed by atoms with Crippen molar-refractivity contribution in [2.75, 3.05) is 7.11 Å². The molecular weight excluding hydrogens is 270 g/mol. The second kappa shape index (κ2) is 4.98. The van der Waals surface area contributed by atoms with Gasteiger partial charge in [0.2, 0.25) is 0 Å². The van der Waals surface area contributed by atoms with E-state index < -0.39 is 11.5 Å². The van der Waals surface area contributed by atoms with Crippen molar-refractivity contribution in [1.29, 1.82) is 0 Å². The molecule has 1 saturated carbocycles. The van der Waals surface area contributed by atoms with E-state index in [0.29, 0.717) is 24.0 Å². The van der Waals surface area contributed by atoms with Gasteiger partial charge in [-0.25, -0.2) is 4.79 Å². The van der Waals surface area contributed by atoms with E-state index in [2.05, 4.69) is 0 Å². The van der Waals surface area contributed by atoms with Gasteiger partial charge in [-0.3, -0.25) is 14.5 Å². The number of ether oxygens (including phenoxy) is 1. The number of fused-ring (bicyclic) bond motifs is 1. The average molecular weight is 287 g/mol. The fourth-order valence-corrected chi connectivity index (χ4v) is 3.42. The summed E-state index contributed by atoms with van der Waals surface area (Å²) in [4.78, 5) is 38.7. The zero-order valence-electron chi connectivity index (χ0n) is 11.9. The molecule has 0 bridgehead atoms. The molecule has 1 aliphatic carbocycles. The van der Waals surface area contributed by atoms with Crippen LogP contribution in [0.25, 0.3) is 0 Å². The van der Waals surface area contributed by atoms with Gasteiger partial charge in [0, 0.05) is 0 Å². The van der Waals surface area contributed by atoms with Gasteiger partial charge in [0.15, 0.2) is 0 Å². The Labute approximate surface area is 122 Å². The third-order valence-corrected chi connectivity index (χ3v) is 4.47. The van der Waals surface area contributed by atoms with E-state index >= 15 is 0 Å². The van der Waals surface area contributed by atoms with Crippen molar-refractivity contribution in [2.24, 2.45) is 0 Å². The molecule has 0 atom stereocenters. The van der Waals surface area contributed by atoms with E-state index in [9.17, 15) is 14.4 Å².